The van der Waals surface area contributed by atoms with Crippen LogP contribution in [0.2, 0.25) is 0 Å². The molecular weight excluding hydrogens is 440 g/mol. The zero-order valence-corrected chi connectivity index (χ0v) is 18.0. The molecule has 0 saturated carbocycles. The number of aliphatic hydroxyl groups excluding tert-OH is 1. The molecule has 8 heteroatoms. The highest BCUT2D eigenvalue weighted by atomic mass is 16.7. The van der Waals surface area contributed by atoms with E-state index in [1.165, 1.54) is 0 Å². The smallest absolute Gasteiger partial charge is 0.338 e. The first-order valence-corrected chi connectivity index (χ1v) is 10.6. The highest BCUT2D eigenvalue weighted by Crippen LogP contribution is 2.28. The predicted octanol–water partition coefficient (Wildman–Crippen LogP) is 3.01. The van der Waals surface area contributed by atoms with E-state index >= 15 is 0 Å². The maximum atomic E-state index is 12.7. The lowest BCUT2D eigenvalue weighted by atomic mass is 10.1. The first-order chi connectivity index (χ1) is 16.5. The number of hydrogen-bond donors (Lipinski definition) is 1. The molecule has 1 saturated heterocycles. The van der Waals surface area contributed by atoms with Crippen molar-refractivity contribution in [1.29, 1.82) is 0 Å². The topological polar surface area (TPSA) is 108 Å². The maximum absolute atomic E-state index is 12.7. The third-order valence-corrected chi connectivity index (χ3v) is 5.18. The Kier molecular flexibility index (Phi) is 7.31. The van der Waals surface area contributed by atoms with Gasteiger partial charge in [0.15, 0.2) is 18.5 Å². The molecule has 34 heavy (non-hydrogen) atoms. The molecule has 3 aromatic rings. The molecule has 3 aromatic carbocycles. The van der Waals surface area contributed by atoms with Crippen molar-refractivity contribution < 1.29 is 38.4 Å². The van der Waals surface area contributed by atoms with Crippen LogP contribution in [-0.2, 0) is 18.9 Å². The van der Waals surface area contributed by atoms with Gasteiger partial charge in [-0.05, 0) is 36.4 Å². The minimum atomic E-state index is -1.60. The lowest BCUT2D eigenvalue weighted by molar-refractivity contribution is -0.135. The lowest BCUT2D eigenvalue weighted by Crippen LogP contribution is -2.42. The Morgan fingerprint density at radius 2 is 1.06 bits per heavy atom. The van der Waals surface area contributed by atoms with Crippen LogP contribution in [0.15, 0.2) is 91.0 Å². The van der Waals surface area contributed by atoms with Crippen molar-refractivity contribution >= 4 is 17.9 Å². The van der Waals surface area contributed by atoms with E-state index in [-0.39, 0.29) is 17.7 Å². The van der Waals surface area contributed by atoms with Gasteiger partial charge in [0.2, 0.25) is 0 Å². The van der Waals surface area contributed by atoms with Crippen molar-refractivity contribution in [3.05, 3.63) is 108 Å². The molecule has 0 amide bonds. The SMILES string of the molecule is O=C(OC[C@H]1O[C@@H](O)[C@@H](OC(=O)c2ccccc2)[C@H]1OC(=O)c1ccccc1)c1ccccc1. The molecule has 0 aromatic heterocycles. The average Bonchev–Trinajstić information content (AvgIpc) is 3.17. The number of rotatable bonds is 7. The van der Waals surface area contributed by atoms with Gasteiger partial charge in [-0.15, -0.1) is 0 Å². The summed E-state index contributed by atoms with van der Waals surface area (Å²) in [4.78, 5) is 37.6. The summed E-state index contributed by atoms with van der Waals surface area (Å²) in [6.45, 7) is -0.336. The molecule has 8 nitrogen and oxygen atoms in total. The number of ether oxygens (including phenoxy) is 4. The summed E-state index contributed by atoms with van der Waals surface area (Å²) in [6.07, 6.45) is -5.22. The fourth-order valence-corrected chi connectivity index (χ4v) is 3.46. The van der Waals surface area contributed by atoms with Crippen LogP contribution >= 0.6 is 0 Å². The largest absolute Gasteiger partial charge is 0.459 e. The Hall–Kier alpha value is -4.01. The van der Waals surface area contributed by atoms with Gasteiger partial charge in [-0.3, -0.25) is 0 Å². The predicted molar refractivity (Wildman–Crippen MR) is 119 cm³/mol. The van der Waals surface area contributed by atoms with Crippen molar-refractivity contribution in [3.8, 4) is 0 Å². The zero-order valence-electron chi connectivity index (χ0n) is 18.0. The molecule has 4 rings (SSSR count). The van der Waals surface area contributed by atoms with Crippen molar-refractivity contribution in [2.45, 2.75) is 24.6 Å². The first-order valence-electron chi connectivity index (χ1n) is 10.6. The second kappa shape index (κ2) is 10.7. The third-order valence-electron chi connectivity index (χ3n) is 5.18. The van der Waals surface area contributed by atoms with Crippen LogP contribution in [-0.4, -0.2) is 54.2 Å². The molecule has 0 unspecified atom stereocenters. The fraction of sp³-hybridized carbons (Fsp3) is 0.192. The normalized spacial score (nSPS) is 21.4. The van der Waals surface area contributed by atoms with E-state index < -0.39 is 42.5 Å². The van der Waals surface area contributed by atoms with Gasteiger partial charge in [-0.2, -0.15) is 0 Å². The van der Waals surface area contributed by atoms with Crippen LogP contribution in [0.4, 0.5) is 0 Å². The molecule has 1 N–H and O–H groups in total. The molecule has 4 atom stereocenters. The lowest BCUT2D eigenvalue weighted by Gasteiger charge is -2.23. The van der Waals surface area contributed by atoms with Gasteiger partial charge in [-0.25, -0.2) is 14.4 Å². The van der Waals surface area contributed by atoms with Gasteiger partial charge in [-0.1, -0.05) is 54.6 Å². The molecule has 1 fully saturated rings. The van der Waals surface area contributed by atoms with Crippen LogP contribution in [0.3, 0.4) is 0 Å². The number of carbonyl (C=O) groups is 3. The molecule has 174 valence electrons. The van der Waals surface area contributed by atoms with Crippen molar-refractivity contribution in [3.63, 3.8) is 0 Å². The minimum absolute atomic E-state index is 0.252. The minimum Gasteiger partial charge on any atom is -0.459 e. The van der Waals surface area contributed by atoms with Crippen LogP contribution in [0.5, 0.6) is 0 Å². The van der Waals surface area contributed by atoms with Crippen LogP contribution in [0.25, 0.3) is 0 Å². The highest BCUT2D eigenvalue weighted by molar-refractivity contribution is 5.90. The Labute approximate surface area is 195 Å². The standard InChI is InChI=1S/C26H22O8/c27-23(17-10-4-1-5-11-17)31-16-20-21(33-24(28)18-12-6-2-7-13-18)22(26(30)32-20)34-25(29)19-14-8-3-9-15-19/h1-15,20-22,26,30H,16H2/t20-,21+,22+,26-/m1/s1. The molecule has 1 heterocycles. The maximum Gasteiger partial charge on any atom is 0.338 e. The quantitative estimate of drug-likeness (QED) is 0.422. The molecule has 0 bridgehead atoms. The molecular formula is C26H22O8. The van der Waals surface area contributed by atoms with Crippen LogP contribution < -0.4 is 0 Å². The van der Waals surface area contributed by atoms with Gasteiger partial charge in [0.1, 0.15) is 12.7 Å². The van der Waals surface area contributed by atoms with E-state index in [4.69, 9.17) is 18.9 Å². The van der Waals surface area contributed by atoms with Gasteiger partial charge in [0.25, 0.3) is 0 Å². The first kappa shape index (κ1) is 23.2. The van der Waals surface area contributed by atoms with Crippen molar-refractivity contribution in [2.24, 2.45) is 0 Å². The molecule has 0 spiro atoms. The summed E-state index contributed by atoms with van der Waals surface area (Å²) in [7, 11) is 0. The number of aliphatic hydroxyl groups is 1. The number of benzene rings is 3. The summed E-state index contributed by atoms with van der Waals surface area (Å²) >= 11 is 0. The van der Waals surface area contributed by atoms with Crippen LogP contribution in [0, 0.1) is 0 Å². The average molecular weight is 462 g/mol. The Morgan fingerprint density at radius 3 is 1.53 bits per heavy atom. The van der Waals surface area contributed by atoms with Gasteiger partial charge in [0, 0.05) is 0 Å². The zero-order chi connectivity index (χ0) is 23.9. The monoisotopic (exact) mass is 462 g/mol. The number of esters is 3. The van der Waals surface area contributed by atoms with Gasteiger partial charge in [0.05, 0.1) is 16.7 Å². The highest BCUT2D eigenvalue weighted by Gasteiger charge is 2.50. The Bertz CT molecular complexity index is 1120. The summed E-state index contributed by atoms with van der Waals surface area (Å²) in [5.41, 5.74) is 0.838. The van der Waals surface area contributed by atoms with E-state index in [9.17, 15) is 19.5 Å². The van der Waals surface area contributed by atoms with Gasteiger partial charge < -0.3 is 24.1 Å². The van der Waals surface area contributed by atoms with E-state index in [1.807, 2.05) is 0 Å². The number of carbonyl (C=O) groups excluding carboxylic acids is 3. The van der Waals surface area contributed by atoms with E-state index in [2.05, 4.69) is 0 Å². The number of hydrogen-bond acceptors (Lipinski definition) is 8. The second-order valence-corrected chi connectivity index (χ2v) is 7.50. The fourth-order valence-electron chi connectivity index (χ4n) is 3.46. The van der Waals surface area contributed by atoms with Crippen LogP contribution in [0.1, 0.15) is 31.1 Å². The molecule has 1 aliphatic rings. The van der Waals surface area contributed by atoms with E-state index in [1.54, 1.807) is 91.0 Å². The molecule has 0 aliphatic carbocycles. The summed E-state index contributed by atoms with van der Waals surface area (Å²) in [6, 6.07) is 24.7. The summed E-state index contributed by atoms with van der Waals surface area (Å²) in [5.74, 6) is -2.05. The van der Waals surface area contributed by atoms with E-state index in [0.29, 0.717) is 5.56 Å². The van der Waals surface area contributed by atoms with Gasteiger partial charge >= 0.3 is 17.9 Å². The molecule has 1 aliphatic heterocycles. The third kappa shape index (κ3) is 5.48. The summed E-state index contributed by atoms with van der Waals surface area (Å²) < 4.78 is 21.8. The van der Waals surface area contributed by atoms with Crippen molar-refractivity contribution in [2.75, 3.05) is 6.61 Å². The van der Waals surface area contributed by atoms with Crippen molar-refractivity contribution in [1.82, 2.24) is 0 Å². The second-order valence-electron chi connectivity index (χ2n) is 7.50. The van der Waals surface area contributed by atoms with E-state index in [0.717, 1.165) is 0 Å². The Morgan fingerprint density at radius 1 is 0.647 bits per heavy atom. The Balaban J connectivity index is 1.51. The molecule has 0 radical (unpaired) electrons. The summed E-state index contributed by atoms with van der Waals surface area (Å²) in [5, 5.41) is 10.5.